The van der Waals surface area contributed by atoms with Crippen molar-refractivity contribution in [2.45, 2.75) is 19.1 Å². The molecule has 0 aromatic heterocycles. The molecule has 0 heterocycles. The molecule has 0 unspecified atom stereocenters. The molecule has 0 aliphatic carbocycles. The molecule has 0 aliphatic heterocycles. The van der Waals surface area contributed by atoms with E-state index in [9.17, 15) is 19.5 Å². The maximum Gasteiger partial charge on any atom is 0.412 e. The first-order valence-corrected chi connectivity index (χ1v) is 9.76. The number of Topliss-reactive ketones (excluding diaryl/α,β-unsaturated/α-hetero) is 1. The number of methoxy groups -OCH3 is 1. The van der Waals surface area contributed by atoms with Gasteiger partial charge in [0.25, 0.3) is 5.91 Å². The number of hydrogen-bond acceptors (Lipinski definition) is 7. The van der Waals surface area contributed by atoms with Crippen molar-refractivity contribution in [3.63, 3.8) is 0 Å². The highest BCUT2D eigenvalue weighted by Gasteiger charge is 2.28. The predicted octanol–water partition coefficient (Wildman–Crippen LogP) is 3.72. The summed E-state index contributed by atoms with van der Waals surface area (Å²) in [5, 5.41) is 21.5. The van der Waals surface area contributed by atoms with E-state index < -0.39 is 24.2 Å². The molecule has 4 N–H and O–H groups in total. The number of hydrogen-bond donors (Lipinski definition) is 4. The molecule has 0 fully saturated rings. The van der Waals surface area contributed by atoms with E-state index in [0.717, 1.165) is 6.08 Å². The fourth-order valence-electron chi connectivity index (χ4n) is 2.63. The minimum absolute atomic E-state index is 0.110. The summed E-state index contributed by atoms with van der Waals surface area (Å²) in [4.78, 5) is 35.3. The molecule has 0 aliphatic rings. The third-order valence-electron chi connectivity index (χ3n) is 4.19. The molecule has 2 aromatic rings. The van der Waals surface area contributed by atoms with Crippen LogP contribution < -0.4 is 10.8 Å². The SMILES string of the molecule is CO[C@@H](/C=C/C(=O)NO)[C@@H](OC(=O)Nc1ccc(C(C)=O)cc1)c1cc(Br)ccc1O. The topological polar surface area (TPSA) is 134 Å². The number of hydroxylamine groups is 1. The lowest BCUT2D eigenvalue weighted by Crippen LogP contribution is -2.27. The van der Waals surface area contributed by atoms with E-state index >= 15 is 0 Å². The van der Waals surface area contributed by atoms with Gasteiger partial charge in [-0.2, -0.15) is 0 Å². The molecule has 164 valence electrons. The van der Waals surface area contributed by atoms with Crippen LogP contribution in [0, 0.1) is 0 Å². The number of anilines is 1. The van der Waals surface area contributed by atoms with E-state index in [1.165, 1.54) is 31.7 Å². The first-order chi connectivity index (χ1) is 14.7. The molecule has 0 radical (unpaired) electrons. The van der Waals surface area contributed by atoms with Gasteiger partial charge >= 0.3 is 6.09 Å². The van der Waals surface area contributed by atoms with Gasteiger partial charge in [0.15, 0.2) is 11.9 Å². The zero-order valence-electron chi connectivity index (χ0n) is 16.7. The molecule has 2 rings (SSSR count). The summed E-state index contributed by atoms with van der Waals surface area (Å²) in [6.07, 6.45) is -0.726. The highest BCUT2D eigenvalue weighted by atomic mass is 79.9. The quantitative estimate of drug-likeness (QED) is 0.191. The van der Waals surface area contributed by atoms with Gasteiger partial charge in [-0.1, -0.05) is 15.9 Å². The van der Waals surface area contributed by atoms with Crippen LogP contribution in [0.15, 0.2) is 59.1 Å². The van der Waals surface area contributed by atoms with Crippen molar-refractivity contribution in [3.8, 4) is 5.75 Å². The second kappa shape index (κ2) is 11.3. The Kier molecular flexibility index (Phi) is 8.74. The Morgan fingerprint density at radius 3 is 2.39 bits per heavy atom. The molecule has 0 bridgehead atoms. The van der Waals surface area contributed by atoms with Gasteiger partial charge in [0.2, 0.25) is 0 Å². The van der Waals surface area contributed by atoms with Crippen molar-refractivity contribution in [2.75, 3.05) is 12.4 Å². The fourth-order valence-corrected chi connectivity index (χ4v) is 3.01. The second-order valence-corrected chi connectivity index (χ2v) is 7.24. The maximum absolute atomic E-state index is 12.5. The molecular formula is C21H21BrN2O7. The molecule has 0 saturated carbocycles. The number of benzene rings is 2. The lowest BCUT2D eigenvalue weighted by Gasteiger charge is -2.25. The zero-order valence-corrected chi connectivity index (χ0v) is 18.3. The Morgan fingerprint density at radius 2 is 1.81 bits per heavy atom. The Balaban J connectivity index is 2.29. The number of rotatable bonds is 8. The predicted molar refractivity (Wildman–Crippen MR) is 115 cm³/mol. The van der Waals surface area contributed by atoms with Gasteiger partial charge in [-0.25, -0.2) is 10.3 Å². The van der Waals surface area contributed by atoms with E-state index in [1.807, 2.05) is 0 Å². The second-order valence-electron chi connectivity index (χ2n) is 6.32. The molecule has 10 heteroatoms. The van der Waals surface area contributed by atoms with Gasteiger partial charge in [0, 0.05) is 34.5 Å². The maximum atomic E-state index is 12.5. The van der Waals surface area contributed by atoms with Crippen LogP contribution in [0.5, 0.6) is 5.75 Å². The molecular weight excluding hydrogens is 472 g/mol. The third kappa shape index (κ3) is 6.92. The number of ether oxygens (including phenoxy) is 2. The van der Waals surface area contributed by atoms with Crippen LogP contribution in [0.4, 0.5) is 10.5 Å². The Hall–Kier alpha value is -3.21. The van der Waals surface area contributed by atoms with Gasteiger partial charge in [-0.15, -0.1) is 0 Å². The number of phenols is 1. The number of nitrogens with one attached hydrogen (secondary N) is 2. The first kappa shape index (κ1) is 24.1. The first-order valence-electron chi connectivity index (χ1n) is 8.97. The fraction of sp³-hybridized carbons (Fsp3) is 0.190. The van der Waals surface area contributed by atoms with Crippen LogP contribution in [-0.4, -0.2) is 41.3 Å². The number of phenolic OH excluding ortho intramolecular Hbond substituents is 1. The molecule has 0 spiro atoms. The summed E-state index contributed by atoms with van der Waals surface area (Å²) < 4.78 is 11.4. The van der Waals surface area contributed by atoms with Gasteiger partial charge in [0.05, 0.1) is 0 Å². The van der Waals surface area contributed by atoms with Crippen molar-refractivity contribution < 1.29 is 34.2 Å². The van der Waals surface area contributed by atoms with Gasteiger partial charge in [0.1, 0.15) is 11.9 Å². The van der Waals surface area contributed by atoms with Crippen LogP contribution in [-0.2, 0) is 14.3 Å². The average molecular weight is 493 g/mol. The number of aromatic hydroxyl groups is 1. The standard InChI is InChI=1S/C21H21BrN2O7/c1-12(25)13-3-6-15(7-4-13)23-21(28)31-20(16-11-14(22)5-8-17(16)26)18(30-2)9-10-19(27)24-29/h3-11,18,20,26,29H,1-2H3,(H,23,28)(H,24,27)/b10-9+/t18-,20-/m0/s1. The zero-order chi connectivity index (χ0) is 23.0. The van der Waals surface area contributed by atoms with Gasteiger partial charge < -0.3 is 14.6 Å². The van der Waals surface area contributed by atoms with E-state index in [4.69, 9.17) is 14.7 Å². The van der Waals surface area contributed by atoms with Crippen LogP contribution in [0.3, 0.4) is 0 Å². The Bertz CT molecular complexity index is 976. The molecule has 9 nitrogen and oxygen atoms in total. The highest BCUT2D eigenvalue weighted by Crippen LogP contribution is 2.34. The third-order valence-corrected chi connectivity index (χ3v) is 4.68. The number of ketones is 1. The van der Waals surface area contributed by atoms with E-state index in [0.29, 0.717) is 15.7 Å². The van der Waals surface area contributed by atoms with Gasteiger partial charge in [-0.05, 0) is 55.5 Å². The lowest BCUT2D eigenvalue weighted by atomic mass is 10.0. The van der Waals surface area contributed by atoms with Crippen molar-refractivity contribution in [1.29, 1.82) is 0 Å². The Morgan fingerprint density at radius 1 is 1.13 bits per heavy atom. The summed E-state index contributed by atoms with van der Waals surface area (Å²) in [5.41, 5.74) is 2.54. The van der Waals surface area contributed by atoms with Crippen molar-refractivity contribution in [2.24, 2.45) is 0 Å². The molecule has 31 heavy (non-hydrogen) atoms. The number of carbonyl (C=O) groups is 3. The minimum atomic E-state index is -1.15. The number of amides is 2. The van der Waals surface area contributed by atoms with Crippen LogP contribution in [0.2, 0.25) is 0 Å². The van der Waals surface area contributed by atoms with Crippen LogP contribution in [0.1, 0.15) is 28.9 Å². The van der Waals surface area contributed by atoms with E-state index in [-0.39, 0.29) is 17.1 Å². The summed E-state index contributed by atoms with van der Waals surface area (Å²) in [5.74, 6) is -1.08. The lowest BCUT2D eigenvalue weighted by molar-refractivity contribution is -0.124. The van der Waals surface area contributed by atoms with Gasteiger partial charge in [-0.3, -0.25) is 20.1 Å². The number of carbonyl (C=O) groups excluding carboxylic acids is 3. The minimum Gasteiger partial charge on any atom is -0.508 e. The normalized spacial score (nSPS) is 12.8. The summed E-state index contributed by atoms with van der Waals surface area (Å²) >= 11 is 3.30. The van der Waals surface area contributed by atoms with E-state index in [1.54, 1.807) is 36.4 Å². The van der Waals surface area contributed by atoms with Crippen LogP contribution >= 0.6 is 15.9 Å². The Labute approximate surface area is 186 Å². The van der Waals surface area contributed by atoms with E-state index in [2.05, 4.69) is 21.2 Å². The summed E-state index contributed by atoms with van der Waals surface area (Å²) in [6.45, 7) is 1.43. The molecule has 0 saturated heterocycles. The van der Waals surface area contributed by atoms with Crippen molar-refractivity contribution in [1.82, 2.24) is 5.48 Å². The smallest absolute Gasteiger partial charge is 0.412 e. The van der Waals surface area contributed by atoms with Crippen LogP contribution in [0.25, 0.3) is 0 Å². The largest absolute Gasteiger partial charge is 0.508 e. The van der Waals surface area contributed by atoms with Crippen molar-refractivity contribution in [3.05, 3.63) is 70.2 Å². The van der Waals surface area contributed by atoms with Crippen molar-refractivity contribution >= 4 is 39.4 Å². The molecule has 2 atom stereocenters. The molecule has 2 aromatic carbocycles. The average Bonchev–Trinajstić information content (AvgIpc) is 2.75. The highest BCUT2D eigenvalue weighted by molar-refractivity contribution is 9.10. The monoisotopic (exact) mass is 492 g/mol. The summed E-state index contributed by atoms with van der Waals surface area (Å²) in [7, 11) is 1.33. The number of halogens is 1. The molecule has 2 amide bonds. The summed E-state index contributed by atoms with van der Waals surface area (Å²) in [6, 6.07) is 10.8.